The van der Waals surface area contributed by atoms with Gasteiger partial charge in [0.15, 0.2) is 6.29 Å². The second kappa shape index (κ2) is 9.20. The zero-order chi connectivity index (χ0) is 23.8. The molecule has 9 atom stereocenters. The molecule has 9 unspecified atom stereocenters. The van der Waals surface area contributed by atoms with Gasteiger partial charge in [-0.05, 0) is 25.2 Å². The maximum Gasteiger partial charge on any atom is 0.333 e. The Balaban J connectivity index is 1.93. The normalized spacial score (nSPS) is 43.8. The highest BCUT2D eigenvalue weighted by Gasteiger charge is 2.67. The predicted octanol–water partition coefficient (Wildman–Crippen LogP) is -0.262. The molecular formula is C22H32O10. The van der Waals surface area contributed by atoms with Crippen LogP contribution in [0.25, 0.3) is 0 Å². The molecule has 0 radical (unpaired) electrons. The Labute approximate surface area is 186 Å². The molecule has 10 heteroatoms. The third-order valence-corrected chi connectivity index (χ3v) is 7.32. The molecule has 3 aliphatic rings. The highest BCUT2D eigenvalue weighted by molar-refractivity contribution is 5.90. The highest BCUT2D eigenvalue weighted by Crippen LogP contribution is 2.50. The van der Waals surface area contributed by atoms with E-state index < -0.39 is 72.1 Å². The first kappa shape index (κ1) is 24.8. The van der Waals surface area contributed by atoms with Crippen LogP contribution in [0, 0.1) is 17.8 Å². The fourth-order valence-corrected chi connectivity index (χ4v) is 5.33. The molecule has 1 aliphatic heterocycles. The number of hydrogen-bond donors (Lipinski definition) is 5. The molecule has 0 spiro atoms. The third kappa shape index (κ3) is 3.89. The average molecular weight is 456 g/mol. The van der Waals surface area contributed by atoms with Crippen molar-refractivity contribution in [2.45, 2.75) is 68.4 Å². The van der Waals surface area contributed by atoms with Crippen LogP contribution >= 0.6 is 0 Å². The Hall–Kier alpha value is -1.82. The lowest BCUT2D eigenvalue weighted by Gasteiger charge is -2.59. The molecule has 0 aromatic rings. The first-order valence-electron chi connectivity index (χ1n) is 10.7. The molecule has 2 bridgehead atoms. The first-order chi connectivity index (χ1) is 15.0. The molecule has 1 saturated heterocycles. The summed E-state index contributed by atoms with van der Waals surface area (Å²) in [7, 11) is 1.21. The van der Waals surface area contributed by atoms with Gasteiger partial charge in [0, 0.05) is 17.4 Å². The summed E-state index contributed by atoms with van der Waals surface area (Å²) in [5.74, 6) is -3.68. The molecule has 10 nitrogen and oxygen atoms in total. The second-order valence-corrected chi connectivity index (χ2v) is 8.94. The van der Waals surface area contributed by atoms with Crippen molar-refractivity contribution in [3.8, 4) is 0 Å². The van der Waals surface area contributed by atoms with E-state index in [9.17, 15) is 35.1 Å². The summed E-state index contributed by atoms with van der Waals surface area (Å²) >= 11 is 0. The summed E-state index contributed by atoms with van der Waals surface area (Å²) in [5.41, 5.74) is -3.58. The Morgan fingerprint density at radius 1 is 1.38 bits per heavy atom. The minimum Gasteiger partial charge on any atom is -0.481 e. The van der Waals surface area contributed by atoms with Crippen LogP contribution in [0.1, 0.15) is 32.6 Å². The lowest BCUT2D eigenvalue weighted by atomic mass is 9.63. The van der Waals surface area contributed by atoms with E-state index in [-0.39, 0.29) is 24.8 Å². The summed E-state index contributed by atoms with van der Waals surface area (Å²) in [6, 6.07) is 0. The van der Waals surface area contributed by atoms with Crippen molar-refractivity contribution in [1.82, 2.24) is 0 Å². The number of carbonyl (C=O) groups is 2. The summed E-state index contributed by atoms with van der Waals surface area (Å²) < 4.78 is 16.7. The smallest absolute Gasteiger partial charge is 0.333 e. The van der Waals surface area contributed by atoms with Gasteiger partial charge in [-0.15, -0.1) is 6.58 Å². The number of carboxylic acid groups (broad SMARTS) is 1. The van der Waals surface area contributed by atoms with Gasteiger partial charge in [-0.1, -0.05) is 19.1 Å². The minimum atomic E-state index is -1.96. The number of esters is 1. The number of carboxylic acids is 1. The molecule has 0 aromatic carbocycles. The molecule has 3 rings (SSSR count). The molecule has 2 aliphatic carbocycles. The van der Waals surface area contributed by atoms with Crippen LogP contribution in [0.3, 0.4) is 0 Å². The molecule has 1 saturated carbocycles. The van der Waals surface area contributed by atoms with Crippen LogP contribution < -0.4 is 0 Å². The Morgan fingerprint density at radius 2 is 2.06 bits per heavy atom. The van der Waals surface area contributed by atoms with E-state index in [0.717, 1.165) is 0 Å². The molecule has 32 heavy (non-hydrogen) atoms. The van der Waals surface area contributed by atoms with Crippen LogP contribution in [-0.2, 0) is 23.8 Å². The fourth-order valence-electron chi connectivity index (χ4n) is 5.33. The topological polar surface area (TPSA) is 163 Å². The van der Waals surface area contributed by atoms with E-state index in [1.54, 1.807) is 6.92 Å². The zero-order valence-corrected chi connectivity index (χ0v) is 18.2. The van der Waals surface area contributed by atoms with Crippen LogP contribution in [0.4, 0.5) is 0 Å². The van der Waals surface area contributed by atoms with E-state index in [2.05, 4.69) is 6.58 Å². The van der Waals surface area contributed by atoms with Crippen LogP contribution in [-0.4, -0.2) is 87.0 Å². The molecule has 2 fully saturated rings. The zero-order valence-electron chi connectivity index (χ0n) is 18.2. The molecular weight excluding hydrogens is 424 g/mol. The van der Waals surface area contributed by atoms with Crippen molar-refractivity contribution >= 4 is 11.9 Å². The van der Waals surface area contributed by atoms with Crippen LogP contribution in [0.2, 0.25) is 0 Å². The third-order valence-electron chi connectivity index (χ3n) is 7.32. The molecule has 0 amide bonds. The summed E-state index contributed by atoms with van der Waals surface area (Å²) in [5, 5.41) is 52.3. The summed E-state index contributed by atoms with van der Waals surface area (Å²) in [6.45, 7) is 4.88. The predicted molar refractivity (Wildman–Crippen MR) is 109 cm³/mol. The Kier molecular flexibility index (Phi) is 7.14. The van der Waals surface area contributed by atoms with Gasteiger partial charge in [0.25, 0.3) is 0 Å². The molecule has 0 aromatic heterocycles. The maximum absolute atomic E-state index is 12.2. The van der Waals surface area contributed by atoms with Gasteiger partial charge in [0.2, 0.25) is 0 Å². The largest absolute Gasteiger partial charge is 0.481 e. The lowest BCUT2D eigenvalue weighted by Crippen LogP contribution is -2.77. The molecule has 5 N–H and O–H groups in total. The minimum absolute atomic E-state index is 0.139. The van der Waals surface area contributed by atoms with Crippen molar-refractivity contribution < 1.29 is 49.3 Å². The molecule has 1 heterocycles. The fraction of sp³-hybridized carbons (Fsp3) is 0.727. The number of ether oxygens (including phenoxy) is 3. The van der Waals surface area contributed by atoms with Gasteiger partial charge in [0.05, 0.1) is 26.2 Å². The quantitative estimate of drug-likeness (QED) is 0.255. The van der Waals surface area contributed by atoms with E-state index in [4.69, 9.17) is 14.2 Å². The highest BCUT2D eigenvalue weighted by atomic mass is 16.7. The monoisotopic (exact) mass is 456 g/mol. The van der Waals surface area contributed by atoms with Crippen LogP contribution in [0.15, 0.2) is 24.3 Å². The number of aliphatic hydroxyl groups excluding tert-OH is 2. The van der Waals surface area contributed by atoms with Gasteiger partial charge in [0.1, 0.15) is 23.4 Å². The van der Waals surface area contributed by atoms with E-state index in [1.807, 2.05) is 0 Å². The van der Waals surface area contributed by atoms with E-state index in [1.165, 1.54) is 19.3 Å². The number of fused-ring (bicyclic) bond motifs is 2. The summed E-state index contributed by atoms with van der Waals surface area (Å²) in [4.78, 5) is 23.7. The van der Waals surface area contributed by atoms with Crippen molar-refractivity contribution in [2.24, 2.45) is 17.8 Å². The van der Waals surface area contributed by atoms with Gasteiger partial charge in [-0.2, -0.15) is 0 Å². The SMILES string of the molecule is C=CC1C(OC2OC(CO)C3(O)CCC(C)C2(O)C3O)CC=C(C(=O)OC)C1CC(=O)O. The first-order valence-corrected chi connectivity index (χ1v) is 10.7. The maximum atomic E-state index is 12.2. The molecule has 180 valence electrons. The number of rotatable bonds is 7. The number of aliphatic hydroxyl groups is 4. The number of hydrogen-bond acceptors (Lipinski definition) is 9. The lowest BCUT2D eigenvalue weighted by molar-refractivity contribution is -0.400. The van der Waals surface area contributed by atoms with Gasteiger partial charge < -0.3 is 39.7 Å². The van der Waals surface area contributed by atoms with E-state index >= 15 is 0 Å². The van der Waals surface area contributed by atoms with Gasteiger partial charge in [-0.25, -0.2) is 4.79 Å². The van der Waals surface area contributed by atoms with Crippen molar-refractivity contribution in [2.75, 3.05) is 13.7 Å². The number of carbonyl (C=O) groups excluding carboxylic acids is 1. The standard InChI is InChI=1S/C22H32O10/c1-4-12-14(9-17(24)25)13(18(26)30-3)5-6-15(12)31-20-22(29)11(2)7-8-21(28,19(22)27)16(10-23)32-20/h4-5,11-12,14-16,19-20,23,27-29H,1,6-10H2,2-3H3,(H,24,25). The second-order valence-electron chi connectivity index (χ2n) is 8.94. The number of methoxy groups -OCH3 is 1. The van der Waals surface area contributed by atoms with Gasteiger partial charge in [-0.3, -0.25) is 4.79 Å². The van der Waals surface area contributed by atoms with Gasteiger partial charge >= 0.3 is 11.9 Å². The summed E-state index contributed by atoms with van der Waals surface area (Å²) in [6.07, 6.45) is -1.63. The van der Waals surface area contributed by atoms with Crippen LogP contribution in [0.5, 0.6) is 0 Å². The van der Waals surface area contributed by atoms with Crippen molar-refractivity contribution in [3.05, 3.63) is 24.3 Å². The Morgan fingerprint density at radius 3 is 2.62 bits per heavy atom. The number of aliphatic carboxylic acids is 1. The average Bonchev–Trinajstić information content (AvgIpc) is 2.76. The van der Waals surface area contributed by atoms with E-state index in [0.29, 0.717) is 6.42 Å². The van der Waals surface area contributed by atoms with Crippen molar-refractivity contribution in [3.63, 3.8) is 0 Å². The Bertz CT molecular complexity index is 781. The van der Waals surface area contributed by atoms with Crippen molar-refractivity contribution in [1.29, 1.82) is 0 Å².